The fraction of sp³-hybridized carbons (Fsp3) is 0.208. The number of esters is 1. The van der Waals surface area contributed by atoms with Gasteiger partial charge in [0.05, 0.1) is 0 Å². The van der Waals surface area contributed by atoms with Crippen molar-refractivity contribution in [2.75, 3.05) is 13.2 Å². The van der Waals surface area contributed by atoms with Gasteiger partial charge in [0.25, 0.3) is 5.91 Å². The Bertz CT molecular complexity index is 944. The minimum absolute atomic E-state index is 0.180. The Labute approximate surface area is 176 Å². The Morgan fingerprint density at radius 3 is 2.30 bits per heavy atom. The highest BCUT2D eigenvalue weighted by Gasteiger charge is 2.16. The predicted molar refractivity (Wildman–Crippen MR) is 113 cm³/mol. The Balaban J connectivity index is 1.49. The summed E-state index contributed by atoms with van der Waals surface area (Å²) in [6, 6.07) is 22.5. The average Bonchev–Trinajstić information content (AvgIpc) is 2.81. The van der Waals surface area contributed by atoms with Crippen molar-refractivity contribution < 1.29 is 19.1 Å². The van der Waals surface area contributed by atoms with E-state index >= 15 is 0 Å². The molecule has 30 heavy (non-hydrogen) atoms. The molecule has 0 atom stereocenters. The van der Waals surface area contributed by atoms with Crippen LogP contribution in [0.5, 0.6) is 5.75 Å². The van der Waals surface area contributed by atoms with Crippen LogP contribution >= 0.6 is 0 Å². The summed E-state index contributed by atoms with van der Waals surface area (Å²) in [5.74, 6) is -0.104. The number of carbonyl (C=O) groups excluding carboxylic acids is 2. The second-order valence-electron chi connectivity index (χ2n) is 6.62. The van der Waals surface area contributed by atoms with Gasteiger partial charge < -0.3 is 14.4 Å². The molecule has 1 amide bonds. The maximum Gasteiger partial charge on any atom is 0.357 e. The lowest BCUT2D eigenvalue weighted by Crippen LogP contribution is -2.34. The number of rotatable bonds is 9. The van der Waals surface area contributed by atoms with Gasteiger partial charge in [-0.1, -0.05) is 48.5 Å². The molecule has 0 aliphatic carbocycles. The first-order chi connectivity index (χ1) is 14.7. The second kappa shape index (κ2) is 10.8. The standard InChI is InChI=1S/C24H24N2O4/c1-2-26(23(27)18-30-24(28)22-10-6-7-15-25-22)16-19-11-13-21(14-12-19)29-17-20-8-4-3-5-9-20/h3-15H,2,16-18H2,1H3. The molecule has 0 fully saturated rings. The molecule has 6 heteroatoms. The van der Waals surface area contributed by atoms with E-state index in [2.05, 4.69) is 4.98 Å². The van der Waals surface area contributed by atoms with Gasteiger partial charge in [-0.3, -0.25) is 4.79 Å². The fourth-order valence-electron chi connectivity index (χ4n) is 2.80. The molecule has 154 valence electrons. The molecule has 0 saturated heterocycles. The lowest BCUT2D eigenvalue weighted by atomic mass is 10.2. The van der Waals surface area contributed by atoms with Gasteiger partial charge in [-0.15, -0.1) is 0 Å². The van der Waals surface area contributed by atoms with E-state index in [4.69, 9.17) is 9.47 Å². The van der Waals surface area contributed by atoms with Gasteiger partial charge in [0.2, 0.25) is 0 Å². The number of pyridine rings is 1. The number of hydrogen-bond acceptors (Lipinski definition) is 5. The maximum absolute atomic E-state index is 12.4. The monoisotopic (exact) mass is 404 g/mol. The topological polar surface area (TPSA) is 68.7 Å². The number of hydrogen-bond donors (Lipinski definition) is 0. The summed E-state index contributed by atoms with van der Waals surface area (Å²) in [5, 5.41) is 0. The normalized spacial score (nSPS) is 10.3. The van der Waals surface area contributed by atoms with E-state index in [0.29, 0.717) is 19.7 Å². The Morgan fingerprint density at radius 2 is 1.63 bits per heavy atom. The smallest absolute Gasteiger partial charge is 0.357 e. The van der Waals surface area contributed by atoms with Crippen molar-refractivity contribution in [2.45, 2.75) is 20.1 Å². The summed E-state index contributed by atoms with van der Waals surface area (Å²) in [5.41, 5.74) is 2.25. The highest BCUT2D eigenvalue weighted by molar-refractivity contribution is 5.89. The summed E-state index contributed by atoms with van der Waals surface area (Å²) in [7, 11) is 0. The van der Waals surface area contributed by atoms with E-state index in [0.717, 1.165) is 16.9 Å². The second-order valence-corrected chi connectivity index (χ2v) is 6.62. The van der Waals surface area contributed by atoms with Crippen molar-refractivity contribution in [3.8, 4) is 5.75 Å². The van der Waals surface area contributed by atoms with Crippen LogP contribution in [-0.2, 0) is 22.7 Å². The van der Waals surface area contributed by atoms with E-state index in [9.17, 15) is 9.59 Å². The van der Waals surface area contributed by atoms with E-state index in [1.54, 1.807) is 23.1 Å². The van der Waals surface area contributed by atoms with Crippen molar-refractivity contribution in [1.82, 2.24) is 9.88 Å². The minimum atomic E-state index is -0.611. The molecule has 0 unspecified atom stereocenters. The third kappa shape index (κ3) is 6.17. The molecular weight excluding hydrogens is 380 g/mol. The molecular formula is C24H24N2O4. The third-order valence-corrected chi connectivity index (χ3v) is 4.48. The van der Waals surface area contributed by atoms with E-state index in [-0.39, 0.29) is 18.2 Å². The highest BCUT2D eigenvalue weighted by Crippen LogP contribution is 2.15. The molecule has 3 aromatic rings. The molecule has 0 spiro atoms. The highest BCUT2D eigenvalue weighted by atomic mass is 16.5. The fourth-order valence-corrected chi connectivity index (χ4v) is 2.80. The first kappa shape index (κ1) is 21.0. The third-order valence-electron chi connectivity index (χ3n) is 4.48. The predicted octanol–water partition coefficient (Wildman–Crippen LogP) is 3.87. The summed E-state index contributed by atoms with van der Waals surface area (Å²) < 4.78 is 10.9. The van der Waals surface area contributed by atoms with Crippen molar-refractivity contribution in [2.24, 2.45) is 0 Å². The van der Waals surface area contributed by atoms with Crippen LogP contribution in [-0.4, -0.2) is 34.9 Å². The first-order valence-electron chi connectivity index (χ1n) is 9.77. The van der Waals surface area contributed by atoms with Crippen LogP contribution in [0.2, 0.25) is 0 Å². The van der Waals surface area contributed by atoms with Crippen LogP contribution in [0.25, 0.3) is 0 Å². The molecule has 1 heterocycles. The van der Waals surface area contributed by atoms with Crippen molar-refractivity contribution in [1.29, 1.82) is 0 Å². The quantitative estimate of drug-likeness (QED) is 0.507. The van der Waals surface area contributed by atoms with Gasteiger partial charge >= 0.3 is 5.97 Å². The lowest BCUT2D eigenvalue weighted by Gasteiger charge is -2.21. The van der Waals surface area contributed by atoms with Crippen LogP contribution in [0, 0.1) is 0 Å². The van der Waals surface area contributed by atoms with Gasteiger partial charge in [0, 0.05) is 19.3 Å². The SMILES string of the molecule is CCN(Cc1ccc(OCc2ccccc2)cc1)C(=O)COC(=O)c1ccccn1. The largest absolute Gasteiger partial charge is 0.489 e. The van der Waals surface area contributed by atoms with Gasteiger partial charge in [0.1, 0.15) is 18.1 Å². The molecule has 0 N–H and O–H groups in total. The Morgan fingerprint density at radius 1 is 0.900 bits per heavy atom. The van der Waals surface area contributed by atoms with Gasteiger partial charge in [-0.2, -0.15) is 0 Å². The van der Waals surface area contributed by atoms with E-state index in [1.807, 2.05) is 61.5 Å². The van der Waals surface area contributed by atoms with Crippen molar-refractivity contribution in [3.63, 3.8) is 0 Å². The number of carbonyl (C=O) groups is 2. The van der Waals surface area contributed by atoms with E-state index in [1.165, 1.54) is 6.20 Å². The number of aromatic nitrogens is 1. The van der Waals surface area contributed by atoms with Crippen molar-refractivity contribution >= 4 is 11.9 Å². The van der Waals surface area contributed by atoms with Crippen LogP contribution in [0.3, 0.4) is 0 Å². The molecule has 3 rings (SSSR count). The van der Waals surface area contributed by atoms with Crippen LogP contribution in [0.15, 0.2) is 79.0 Å². The van der Waals surface area contributed by atoms with Crippen molar-refractivity contribution in [3.05, 3.63) is 95.8 Å². The summed E-state index contributed by atoms with van der Waals surface area (Å²) in [6.07, 6.45) is 1.50. The van der Waals surface area contributed by atoms with Crippen LogP contribution < -0.4 is 4.74 Å². The van der Waals surface area contributed by atoms with Gasteiger partial charge in [-0.25, -0.2) is 9.78 Å². The zero-order valence-electron chi connectivity index (χ0n) is 16.9. The summed E-state index contributed by atoms with van der Waals surface area (Å²) in [4.78, 5) is 29.9. The Hall–Kier alpha value is -3.67. The van der Waals surface area contributed by atoms with Gasteiger partial charge in [0.15, 0.2) is 6.61 Å². The first-order valence-corrected chi connectivity index (χ1v) is 9.77. The minimum Gasteiger partial charge on any atom is -0.489 e. The van der Waals surface area contributed by atoms with Crippen LogP contribution in [0.1, 0.15) is 28.5 Å². The average molecular weight is 404 g/mol. The zero-order valence-corrected chi connectivity index (χ0v) is 16.9. The molecule has 2 aromatic carbocycles. The summed E-state index contributed by atoms with van der Waals surface area (Å²) in [6.45, 7) is 3.00. The van der Waals surface area contributed by atoms with Crippen LogP contribution in [0.4, 0.5) is 0 Å². The maximum atomic E-state index is 12.4. The number of likely N-dealkylation sites (N-methyl/N-ethyl adjacent to an activating group) is 1. The molecule has 0 bridgehead atoms. The zero-order chi connectivity index (χ0) is 21.2. The molecule has 0 saturated carbocycles. The number of amides is 1. The molecule has 0 aliphatic rings. The number of benzene rings is 2. The Kier molecular flexibility index (Phi) is 7.55. The molecule has 0 radical (unpaired) electrons. The van der Waals surface area contributed by atoms with E-state index < -0.39 is 5.97 Å². The molecule has 6 nitrogen and oxygen atoms in total. The number of ether oxygens (including phenoxy) is 2. The lowest BCUT2D eigenvalue weighted by molar-refractivity contribution is -0.134. The van der Waals surface area contributed by atoms with Gasteiger partial charge in [-0.05, 0) is 42.3 Å². The summed E-state index contributed by atoms with van der Waals surface area (Å²) >= 11 is 0. The molecule has 0 aliphatic heterocycles. The number of nitrogens with zero attached hydrogens (tertiary/aromatic N) is 2. The molecule has 1 aromatic heterocycles.